The predicted octanol–water partition coefficient (Wildman–Crippen LogP) is 2.37. The number of ketones is 1. The Hall–Kier alpha value is -4.34. The van der Waals surface area contributed by atoms with Crippen molar-refractivity contribution in [3.05, 3.63) is 60.3 Å². The number of benzene rings is 2. The fraction of sp³-hybridized carbons (Fsp3) is 0.280. The molecule has 0 aromatic heterocycles. The summed E-state index contributed by atoms with van der Waals surface area (Å²) in [5, 5.41) is 0. The van der Waals surface area contributed by atoms with Crippen molar-refractivity contribution >= 4 is 35.1 Å². The van der Waals surface area contributed by atoms with Gasteiger partial charge in [-0.25, -0.2) is 9.79 Å². The number of rotatable bonds is 6. The highest BCUT2D eigenvalue weighted by molar-refractivity contribution is 6.17. The number of anilines is 1. The van der Waals surface area contributed by atoms with Crippen LogP contribution < -0.4 is 14.4 Å². The lowest BCUT2D eigenvalue weighted by Gasteiger charge is -2.39. The highest BCUT2D eigenvalue weighted by Crippen LogP contribution is 2.43. The molecule has 3 aliphatic heterocycles. The number of amides is 3. The summed E-state index contributed by atoms with van der Waals surface area (Å²) in [7, 11) is 4.74. The number of methoxy groups -OCH3 is 2. The van der Waals surface area contributed by atoms with Gasteiger partial charge < -0.3 is 14.4 Å². The zero-order chi connectivity index (χ0) is 24.9. The molecule has 180 valence electrons. The smallest absolute Gasteiger partial charge is 0.328 e. The molecule has 2 aromatic carbocycles. The second-order valence-corrected chi connectivity index (χ2v) is 8.47. The Morgan fingerprint density at radius 1 is 1.06 bits per heavy atom. The molecule has 3 amide bonds. The number of ether oxygens (including phenoxy) is 2. The Kier molecular flexibility index (Phi) is 5.43. The quantitative estimate of drug-likeness (QED) is 0.633. The summed E-state index contributed by atoms with van der Waals surface area (Å²) in [5.41, 5.74) is 2.40. The maximum absolute atomic E-state index is 13.5. The van der Waals surface area contributed by atoms with Crippen molar-refractivity contribution in [1.29, 1.82) is 0 Å². The van der Waals surface area contributed by atoms with Crippen LogP contribution in [0, 0.1) is 0 Å². The first-order valence-electron chi connectivity index (χ1n) is 11.1. The minimum Gasteiger partial charge on any atom is -0.497 e. The summed E-state index contributed by atoms with van der Waals surface area (Å²) in [6, 6.07) is 13.8. The molecule has 1 saturated heterocycles. The summed E-state index contributed by atoms with van der Waals surface area (Å²) < 4.78 is 11.0. The predicted molar refractivity (Wildman–Crippen MR) is 129 cm³/mol. The summed E-state index contributed by atoms with van der Waals surface area (Å²) in [6.07, 6.45) is 1.13. The molecule has 2 atom stereocenters. The van der Waals surface area contributed by atoms with E-state index < -0.39 is 24.1 Å². The molecule has 0 radical (unpaired) electrons. The molecule has 10 nitrogen and oxygen atoms in total. The van der Waals surface area contributed by atoms with Gasteiger partial charge in [0.2, 0.25) is 5.96 Å². The molecule has 3 heterocycles. The van der Waals surface area contributed by atoms with Crippen LogP contribution in [0.25, 0.3) is 5.70 Å². The molecular weight excluding hydrogens is 450 g/mol. The third kappa shape index (κ3) is 3.49. The number of urea groups is 1. The second-order valence-electron chi connectivity index (χ2n) is 8.47. The number of hydrogen-bond acceptors (Lipinski definition) is 8. The van der Waals surface area contributed by atoms with Crippen molar-refractivity contribution in [2.45, 2.75) is 19.1 Å². The van der Waals surface area contributed by atoms with E-state index in [2.05, 4.69) is 0 Å². The van der Waals surface area contributed by atoms with Crippen molar-refractivity contribution in [2.24, 2.45) is 4.99 Å². The zero-order valence-electron chi connectivity index (χ0n) is 19.8. The number of fused-ring (bicyclic) bond motifs is 3. The topological polar surface area (TPSA) is 95.0 Å². The number of nitrogens with zero attached hydrogens (tertiary/aromatic N) is 5. The van der Waals surface area contributed by atoms with Crippen LogP contribution in [0.15, 0.2) is 59.7 Å². The van der Waals surface area contributed by atoms with Gasteiger partial charge in [-0.3, -0.25) is 24.3 Å². The molecule has 1 fully saturated rings. The van der Waals surface area contributed by atoms with E-state index in [9.17, 15) is 14.4 Å². The van der Waals surface area contributed by atoms with Gasteiger partial charge >= 0.3 is 6.03 Å². The minimum absolute atomic E-state index is 0.274. The van der Waals surface area contributed by atoms with Crippen LogP contribution in [0.4, 0.5) is 10.5 Å². The largest absolute Gasteiger partial charge is 0.497 e. The number of carbonyl (C=O) groups excluding carboxylic acids is 3. The van der Waals surface area contributed by atoms with Crippen molar-refractivity contribution in [2.75, 3.05) is 32.7 Å². The molecule has 0 aliphatic carbocycles. The van der Waals surface area contributed by atoms with E-state index in [1.54, 1.807) is 32.2 Å². The Morgan fingerprint density at radius 3 is 2.46 bits per heavy atom. The van der Waals surface area contributed by atoms with Gasteiger partial charge in [0.25, 0.3) is 5.91 Å². The van der Waals surface area contributed by atoms with Gasteiger partial charge in [0.15, 0.2) is 12.2 Å². The summed E-state index contributed by atoms with van der Waals surface area (Å²) >= 11 is 0. The van der Waals surface area contributed by atoms with Crippen molar-refractivity contribution in [3.8, 4) is 11.5 Å². The van der Waals surface area contributed by atoms with Crippen molar-refractivity contribution in [1.82, 2.24) is 14.7 Å². The van der Waals surface area contributed by atoms with Crippen LogP contribution in [-0.2, 0) is 9.59 Å². The average Bonchev–Trinajstić information content (AvgIpc) is 3.42. The fourth-order valence-electron chi connectivity index (χ4n) is 4.62. The second kappa shape index (κ2) is 8.46. The average molecular weight is 476 g/mol. The van der Waals surface area contributed by atoms with Crippen molar-refractivity contribution in [3.63, 3.8) is 0 Å². The zero-order valence-corrected chi connectivity index (χ0v) is 19.8. The lowest BCUT2D eigenvalue weighted by Crippen LogP contribution is -2.64. The third-order valence-electron chi connectivity index (χ3n) is 6.29. The SMILES string of the molecule is COc1ccc(N2C(c3ccccc3)=CN3C2=NC2C3C(=O)N(CC(C)=O)C(=O)N2C)c(OC)c1. The fourth-order valence-corrected chi connectivity index (χ4v) is 4.62. The normalized spacial score (nSPS) is 21.0. The molecule has 0 bridgehead atoms. The first-order chi connectivity index (χ1) is 16.8. The summed E-state index contributed by atoms with van der Waals surface area (Å²) in [6.45, 7) is 1.07. The van der Waals surface area contributed by atoms with Gasteiger partial charge in [0, 0.05) is 24.9 Å². The van der Waals surface area contributed by atoms with Gasteiger partial charge in [0.1, 0.15) is 17.3 Å². The van der Waals surface area contributed by atoms with Gasteiger partial charge in [-0.05, 0) is 19.1 Å². The lowest BCUT2D eigenvalue weighted by atomic mass is 10.1. The van der Waals surface area contributed by atoms with Crippen LogP contribution in [0.2, 0.25) is 0 Å². The van der Waals surface area contributed by atoms with Crippen LogP contribution in [0.1, 0.15) is 12.5 Å². The molecule has 0 spiro atoms. The van der Waals surface area contributed by atoms with Crippen LogP contribution >= 0.6 is 0 Å². The van der Waals surface area contributed by atoms with E-state index in [0.717, 1.165) is 16.2 Å². The Balaban J connectivity index is 1.64. The number of hydrogen-bond donors (Lipinski definition) is 0. The summed E-state index contributed by atoms with van der Waals surface area (Å²) in [5.74, 6) is 0.942. The minimum atomic E-state index is -0.792. The van der Waals surface area contributed by atoms with Gasteiger partial charge in [-0.15, -0.1) is 0 Å². The van der Waals surface area contributed by atoms with E-state index in [1.807, 2.05) is 53.6 Å². The standard InChI is InChI=1S/C25H25N5O5/c1-15(31)13-29-23(32)21-22(27(2)25(29)33)26-24-28(21)14-19(16-8-6-5-7-9-16)30(24)18-11-10-17(34-3)12-20(18)35-4/h5-12,14,21-22H,13H2,1-4H3. The molecule has 2 aromatic rings. The van der Waals surface area contributed by atoms with E-state index in [4.69, 9.17) is 14.5 Å². The van der Waals surface area contributed by atoms with Gasteiger partial charge in [0.05, 0.1) is 32.1 Å². The maximum atomic E-state index is 13.5. The Morgan fingerprint density at radius 2 is 1.80 bits per heavy atom. The monoisotopic (exact) mass is 475 g/mol. The Bertz CT molecular complexity index is 1270. The molecule has 0 saturated carbocycles. The first-order valence-corrected chi connectivity index (χ1v) is 11.1. The van der Waals surface area contributed by atoms with E-state index >= 15 is 0 Å². The number of imide groups is 1. The molecule has 5 rings (SSSR count). The highest BCUT2D eigenvalue weighted by atomic mass is 16.5. The molecule has 3 aliphatic rings. The number of Topliss-reactive ketones (excluding diaryl/α,β-unsaturated/α-hetero) is 1. The van der Waals surface area contributed by atoms with Crippen LogP contribution in [0.3, 0.4) is 0 Å². The molecule has 0 N–H and O–H groups in total. The molecule has 2 unspecified atom stereocenters. The van der Waals surface area contributed by atoms with Crippen LogP contribution in [0.5, 0.6) is 11.5 Å². The molecule has 35 heavy (non-hydrogen) atoms. The van der Waals surface area contributed by atoms with E-state index in [-0.39, 0.29) is 12.3 Å². The highest BCUT2D eigenvalue weighted by Gasteiger charge is 2.55. The number of likely N-dealkylation sites (N-methyl/N-ethyl adjacent to an activating group) is 1. The van der Waals surface area contributed by atoms with Crippen LogP contribution in [-0.4, -0.2) is 78.4 Å². The molecule has 10 heteroatoms. The third-order valence-corrected chi connectivity index (χ3v) is 6.29. The number of guanidine groups is 1. The van der Waals surface area contributed by atoms with Gasteiger partial charge in [-0.2, -0.15) is 0 Å². The number of aliphatic imine (C=N–C) groups is 1. The summed E-state index contributed by atoms with van der Waals surface area (Å²) in [4.78, 5) is 49.0. The first kappa shape index (κ1) is 22.5. The maximum Gasteiger partial charge on any atom is 0.328 e. The number of carbonyl (C=O) groups is 3. The van der Waals surface area contributed by atoms with E-state index in [0.29, 0.717) is 23.1 Å². The van der Waals surface area contributed by atoms with Crippen molar-refractivity contribution < 1.29 is 23.9 Å². The molecular formula is C25H25N5O5. The lowest BCUT2D eigenvalue weighted by molar-refractivity contribution is -0.139. The van der Waals surface area contributed by atoms with Gasteiger partial charge in [-0.1, -0.05) is 30.3 Å². The Labute approximate surface area is 202 Å². The van der Waals surface area contributed by atoms with E-state index in [1.165, 1.54) is 11.8 Å².